The van der Waals surface area contributed by atoms with Gasteiger partial charge in [-0.3, -0.25) is 4.98 Å². The van der Waals surface area contributed by atoms with E-state index in [1.54, 1.807) is 11.3 Å². The first-order chi connectivity index (χ1) is 5.88. The molecule has 2 nitrogen and oxygen atoms in total. The van der Waals surface area contributed by atoms with Crippen molar-refractivity contribution in [3.63, 3.8) is 0 Å². The van der Waals surface area contributed by atoms with Crippen molar-refractivity contribution in [1.29, 1.82) is 0 Å². The smallest absolute Gasteiger partial charge is 0.0794 e. The minimum atomic E-state index is 0.440. The van der Waals surface area contributed by atoms with Crippen LogP contribution in [0.25, 0.3) is 0 Å². The number of aromatic nitrogens is 1. The Kier molecular flexibility index (Phi) is 3.97. The van der Waals surface area contributed by atoms with Gasteiger partial charge >= 0.3 is 0 Å². The second-order valence-electron chi connectivity index (χ2n) is 2.61. The van der Waals surface area contributed by atoms with Crippen LogP contribution in [0.3, 0.4) is 0 Å². The first-order valence-corrected chi connectivity index (χ1v) is 4.93. The van der Waals surface area contributed by atoms with Gasteiger partial charge in [-0.2, -0.15) is 0 Å². The number of thiazole rings is 1. The predicted molar refractivity (Wildman–Crippen MR) is 53.3 cm³/mol. The maximum atomic E-state index is 4.05. The van der Waals surface area contributed by atoms with Gasteiger partial charge in [-0.25, -0.2) is 0 Å². The third-order valence-electron chi connectivity index (χ3n) is 1.80. The Labute approximate surface area is 77.3 Å². The Morgan fingerprint density at radius 2 is 2.67 bits per heavy atom. The summed E-state index contributed by atoms with van der Waals surface area (Å²) in [6.45, 7) is 3.71. The van der Waals surface area contributed by atoms with E-state index in [0.717, 1.165) is 12.8 Å². The standard InChI is InChI=1S/C9H14N2S/c1-3-4-5-8(10-2)9-6-11-7-12-9/h3,6-8,10H,1,4-5H2,2H3. The zero-order chi connectivity index (χ0) is 8.81. The van der Waals surface area contributed by atoms with Gasteiger partial charge in [0.1, 0.15) is 0 Å². The van der Waals surface area contributed by atoms with Crippen molar-refractivity contribution in [2.24, 2.45) is 0 Å². The molecular formula is C9H14N2S. The van der Waals surface area contributed by atoms with Gasteiger partial charge in [0.15, 0.2) is 0 Å². The first kappa shape index (κ1) is 9.42. The summed E-state index contributed by atoms with van der Waals surface area (Å²) in [6.07, 6.45) is 6.02. The van der Waals surface area contributed by atoms with Crippen LogP contribution in [0.2, 0.25) is 0 Å². The van der Waals surface area contributed by atoms with E-state index in [1.807, 2.05) is 24.8 Å². The molecule has 0 amide bonds. The largest absolute Gasteiger partial charge is 0.312 e. The van der Waals surface area contributed by atoms with E-state index >= 15 is 0 Å². The van der Waals surface area contributed by atoms with Crippen LogP contribution in [-0.4, -0.2) is 12.0 Å². The zero-order valence-corrected chi connectivity index (χ0v) is 8.10. The highest BCUT2D eigenvalue weighted by Gasteiger charge is 2.08. The second-order valence-corrected chi connectivity index (χ2v) is 3.53. The topological polar surface area (TPSA) is 24.9 Å². The Bertz CT molecular complexity index is 218. The number of hydrogen-bond acceptors (Lipinski definition) is 3. The fourth-order valence-corrected chi connectivity index (χ4v) is 1.88. The zero-order valence-electron chi connectivity index (χ0n) is 7.29. The molecular weight excluding hydrogens is 168 g/mol. The average molecular weight is 182 g/mol. The van der Waals surface area contributed by atoms with Gasteiger partial charge in [-0.15, -0.1) is 17.9 Å². The predicted octanol–water partition coefficient (Wildman–Crippen LogP) is 2.37. The van der Waals surface area contributed by atoms with Crippen LogP contribution >= 0.6 is 11.3 Å². The Balaban J connectivity index is 2.51. The van der Waals surface area contributed by atoms with Crippen LogP contribution in [-0.2, 0) is 0 Å². The maximum absolute atomic E-state index is 4.05. The third kappa shape index (κ3) is 2.43. The van der Waals surface area contributed by atoms with Crippen molar-refractivity contribution < 1.29 is 0 Å². The fraction of sp³-hybridized carbons (Fsp3) is 0.444. The molecule has 3 heteroatoms. The highest BCUT2D eigenvalue weighted by atomic mass is 32.1. The molecule has 1 atom stereocenters. The maximum Gasteiger partial charge on any atom is 0.0794 e. The van der Waals surface area contributed by atoms with E-state index < -0.39 is 0 Å². The number of allylic oxidation sites excluding steroid dienone is 1. The molecule has 1 N–H and O–H groups in total. The molecule has 0 aliphatic carbocycles. The van der Waals surface area contributed by atoms with E-state index in [0.29, 0.717) is 6.04 Å². The molecule has 0 radical (unpaired) electrons. The molecule has 66 valence electrons. The fourth-order valence-electron chi connectivity index (χ4n) is 1.11. The molecule has 1 aromatic heterocycles. The highest BCUT2D eigenvalue weighted by Crippen LogP contribution is 2.21. The lowest BCUT2D eigenvalue weighted by atomic mass is 10.1. The second kappa shape index (κ2) is 5.06. The van der Waals surface area contributed by atoms with Crippen molar-refractivity contribution in [3.8, 4) is 0 Å². The molecule has 0 bridgehead atoms. The van der Waals surface area contributed by atoms with Gasteiger partial charge in [-0.05, 0) is 19.9 Å². The van der Waals surface area contributed by atoms with E-state index in [-0.39, 0.29) is 0 Å². The minimum Gasteiger partial charge on any atom is -0.312 e. The molecule has 1 heterocycles. The van der Waals surface area contributed by atoms with Gasteiger partial charge in [0.05, 0.1) is 5.51 Å². The molecule has 0 saturated heterocycles. The lowest BCUT2D eigenvalue weighted by molar-refractivity contribution is 0.563. The molecule has 0 aliphatic heterocycles. The SMILES string of the molecule is C=CCCC(NC)c1cncs1. The van der Waals surface area contributed by atoms with Crippen molar-refractivity contribution in [1.82, 2.24) is 10.3 Å². The van der Waals surface area contributed by atoms with Crippen molar-refractivity contribution in [3.05, 3.63) is 29.2 Å². The van der Waals surface area contributed by atoms with Crippen molar-refractivity contribution in [2.45, 2.75) is 18.9 Å². The molecule has 1 aromatic rings. The number of nitrogens with zero attached hydrogens (tertiary/aromatic N) is 1. The molecule has 0 aliphatic rings. The lowest BCUT2D eigenvalue weighted by Crippen LogP contribution is -2.14. The molecule has 0 saturated carbocycles. The highest BCUT2D eigenvalue weighted by molar-refractivity contribution is 7.09. The van der Waals surface area contributed by atoms with Crippen LogP contribution in [0, 0.1) is 0 Å². The van der Waals surface area contributed by atoms with Crippen LogP contribution < -0.4 is 5.32 Å². The first-order valence-electron chi connectivity index (χ1n) is 4.05. The molecule has 0 aromatic carbocycles. The van der Waals surface area contributed by atoms with Crippen molar-refractivity contribution >= 4 is 11.3 Å². The summed E-state index contributed by atoms with van der Waals surface area (Å²) in [5.74, 6) is 0. The van der Waals surface area contributed by atoms with Gasteiger partial charge in [-0.1, -0.05) is 6.08 Å². The third-order valence-corrected chi connectivity index (χ3v) is 2.69. The molecule has 1 unspecified atom stereocenters. The minimum absolute atomic E-state index is 0.440. The Morgan fingerprint density at radius 1 is 1.83 bits per heavy atom. The molecule has 1 rings (SSSR count). The Morgan fingerprint density at radius 3 is 3.17 bits per heavy atom. The van der Waals surface area contributed by atoms with Gasteiger partial charge < -0.3 is 5.32 Å². The Hall–Kier alpha value is -0.670. The summed E-state index contributed by atoms with van der Waals surface area (Å²) in [5, 5.41) is 3.26. The monoisotopic (exact) mass is 182 g/mol. The molecule has 12 heavy (non-hydrogen) atoms. The van der Waals surface area contributed by atoms with Crippen LogP contribution in [0.15, 0.2) is 24.4 Å². The quantitative estimate of drug-likeness (QED) is 0.707. The van der Waals surface area contributed by atoms with E-state index in [2.05, 4.69) is 16.9 Å². The summed E-state index contributed by atoms with van der Waals surface area (Å²) < 4.78 is 0. The molecule has 0 spiro atoms. The van der Waals surface area contributed by atoms with Crippen LogP contribution in [0.4, 0.5) is 0 Å². The van der Waals surface area contributed by atoms with E-state index in [4.69, 9.17) is 0 Å². The van der Waals surface area contributed by atoms with Gasteiger partial charge in [0, 0.05) is 17.1 Å². The summed E-state index contributed by atoms with van der Waals surface area (Å²) in [4.78, 5) is 5.36. The van der Waals surface area contributed by atoms with E-state index in [9.17, 15) is 0 Å². The van der Waals surface area contributed by atoms with Gasteiger partial charge in [0.2, 0.25) is 0 Å². The summed E-state index contributed by atoms with van der Waals surface area (Å²) in [5.41, 5.74) is 1.87. The van der Waals surface area contributed by atoms with Gasteiger partial charge in [0.25, 0.3) is 0 Å². The number of rotatable bonds is 5. The normalized spacial score (nSPS) is 12.8. The number of hydrogen-bond donors (Lipinski definition) is 1. The number of nitrogens with one attached hydrogen (secondary N) is 1. The average Bonchev–Trinajstić information content (AvgIpc) is 2.59. The van der Waals surface area contributed by atoms with Crippen LogP contribution in [0.1, 0.15) is 23.8 Å². The summed E-state index contributed by atoms with van der Waals surface area (Å²) >= 11 is 1.70. The van der Waals surface area contributed by atoms with Crippen LogP contribution in [0.5, 0.6) is 0 Å². The van der Waals surface area contributed by atoms with E-state index in [1.165, 1.54) is 4.88 Å². The molecule has 0 fully saturated rings. The summed E-state index contributed by atoms with van der Waals surface area (Å²) in [7, 11) is 1.98. The summed E-state index contributed by atoms with van der Waals surface area (Å²) in [6, 6.07) is 0.440. The van der Waals surface area contributed by atoms with Crippen molar-refractivity contribution in [2.75, 3.05) is 7.05 Å². The lowest BCUT2D eigenvalue weighted by Gasteiger charge is -2.11.